The van der Waals surface area contributed by atoms with E-state index in [1.54, 1.807) is 0 Å². The number of rotatable bonds is 7. The lowest BCUT2D eigenvalue weighted by atomic mass is 9.65. The molecule has 2 aliphatic carbocycles. The van der Waals surface area contributed by atoms with Crippen molar-refractivity contribution in [3.63, 3.8) is 0 Å². The molecule has 3 fully saturated rings. The van der Waals surface area contributed by atoms with E-state index in [9.17, 15) is 0 Å². The molecule has 1 heterocycles. The van der Waals surface area contributed by atoms with Gasteiger partial charge in [-0.2, -0.15) is 0 Å². The molecule has 1 aromatic rings. The molecule has 1 aromatic carbocycles. The van der Waals surface area contributed by atoms with Gasteiger partial charge in [0, 0.05) is 32.6 Å². The highest BCUT2D eigenvalue weighted by atomic mass is 127. The third-order valence-electron chi connectivity index (χ3n) is 6.65. The van der Waals surface area contributed by atoms with E-state index >= 15 is 0 Å². The van der Waals surface area contributed by atoms with Gasteiger partial charge in [0.15, 0.2) is 5.96 Å². The van der Waals surface area contributed by atoms with Crippen molar-refractivity contribution < 1.29 is 4.74 Å². The standard InChI is InChI=1S/C22H33N3O.HI/c1-23-21(24-17-22(11-5-12-22)20-8-9-20)25-13-10-19(14-25)16-26-15-18-6-3-2-4-7-18;/h2-4,6-7,19-20H,5,8-17H2,1H3,(H,23,24);1H. The number of hydrogen-bond donors (Lipinski definition) is 1. The molecule has 1 saturated heterocycles. The Labute approximate surface area is 181 Å². The molecule has 2 saturated carbocycles. The van der Waals surface area contributed by atoms with Gasteiger partial charge >= 0.3 is 0 Å². The zero-order chi connectivity index (χ0) is 17.8. The zero-order valence-corrected chi connectivity index (χ0v) is 18.9. The topological polar surface area (TPSA) is 36.9 Å². The van der Waals surface area contributed by atoms with Gasteiger partial charge in [-0.1, -0.05) is 36.8 Å². The predicted molar refractivity (Wildman–Crippen MR) is 122 cm³/mol. The molecule has 0 aromatic heterocycles. The van der Waals surface area contributed by atoms with Crippen molar-refractivity contribution >= 4 is 29.9 Å². The lowest BCUT2D eigenvalue weighted by molar-refractivity contribution is 0.0902. The molecule has 0 spiro atoms. The molecular weight excluding hydrogens is 449 g/mol. The van der Waals surface area contributed by atoms with Crippen LogP contribution in [0.25, 0.3) is 0 Å². The van der Waals surface area contributed by atoms with Gasteiger partial charge in [0.05, 0.1) is 13.2 Å². The summed E-state index contributed by atoms with van der Waals surface area (Å²) in [5, 5.41) is 3.71. The van der Waals surface area contributed by atoms with Crippen molar-refractivity contribution in [2.75, 3.05) is 33.3 Å². The van der Waals surface area contributed by atoms with E-state index in [1.807, 2.05) is 13.1 Å². The van der Waals surface area contributed by atoms with Gasteiger partial charge in [-0.3, -0.25) is 4.99 Å². The van der Waals surface area contributed by atoms with Crippen LogP contribution in [-0.4, -0.2) is 44.1 Å². The summed E-state index contributed by atoms with van der Waals surface area (Å²) in [6, 6.07) is 10.4. The number of aliphatic imine (C=N–C) groups is 1. The minimum atomic E-state index is 0. The Morgan fingerprint density at radius 2 is 2.00 bits per heavy atom. The summed E-state index contributed by atoms with van der Waals surface area (Å²) in [4.78, 5) is 6.99. The maximum absolute atomic E-state index is 5.96. The lowest BCUT2D eigenvalue weighted by Gasteiger charge is -2.43. The van der Waals surface area contributed by atoms with Crippen LogP contribution >= 0.6 is 24.0 Å². The van der Waals surface area contributed by atoms with Gasteiger partial charge < -0.3 is 15.0 Å². The van der Waals surface area contributed by atoms with Gasteiger partial charge in [0.1, 0.15) is 0 Å². The third kappa shape index (κ3) is 5.17. The molecule has 5 heteroatoms. The van der Waals surface area contributed by atoms with Crippen LogP contribution in [0.3, 0.4) is 0 Å². The molecule has 150 valence electrons. The van der Waals surface area contributed by atoms with Crippen LogP contribution in [-0.2, 0) is 11.3 Å². The number of hydrogen-bond acceptors (Lipinski definition) is 2. The highest BCUT2D eigenvalue weighted by Crippen LogP contribution is 2.56. The third-order valence-corrected chi connectivity index (χ3v) is 6.65. The first-order valence-electron chi connectivity index (χ1n) is 10.4. The molecule has 1 atom stereocenters. The molecule has 27 heavy (non-hydrogen) atoms. The molecule has 1 N–H and O–H groups in total. The molecule has 1 unspecified atom stereocenters. The van der Waals surface area contributed by atoms with Crippen LogP contribution in [0.15, 0.2) is 35.3 Å². The van der Waals surface area contributed by atoms with Crippen LogP contribution in [0.5, 0.6) is 0 Å². The maximum Gasteiger partial charge on any atom is 0.193 e. The maximum atomic E-state index is 5.96. The van der Waals surface area contributed by atoms with Gasteiger partial charge in [-0.25, -0.2) is 0 Å². The second-order valence-electron chi connectivity index (χ2n) is 8.49. The minimum Gasteiger partial charge on any atom is -0.376 e. The predicted octanol–water partition coefficient (Wildman–Crippen LogP) is 4.30. The van der Waals surface area contributed by atoms with E-state index in [0.717, 1.165) is 38.1 Å². The smallest absolute Gasteiger partial charge is 0.193 e. The van der Waals surface area contributed by atoms with E-state index in [0.29, 0.717) is 17.9 Å². The first kappa shape index (κ1) is 20.9. The van der Waals surface area contributed by atoms with Gasteiger partial charge in [-0.05, 0) is 49.0 Å². The van der Waals surface area contributed by atoms with Crippen molar-refractivity contribution in [3.05, 3.63) is 35.9 Å². The fraction of sp³-hybridized carbons (Fsp3) is 0.682. The Kier molecular flexibility index (Phi) is 7.42. The molecule has 0 radical (unpaired) electrons. The summed E-state index contributed by atoms with van der Waals surface area (Å²) >= 11 is 0. The first-order valence-corrected chi connectivity index (χ1v) is 10.4. The Morgan fingerprint density at radius 1 is 1.22 bits per heavy atom. The number of nitrogens with one attached hydrogen (secondary N) is 1. The molecule has 3 aliphatic rings. The summed E-state index contributed by atoms with van der Waals surface area (Å²) < 4.78 is 5.96. The normalized spacial score (nSPS) is 24.3. The molecule has 1 aliphatic heterocycles. The molecule has 0 amide bonds. The summed E-state index contributed by atoms with van der Waals surface area (Å²) in [7, 11) is 1.92. The monoisotopic (exact) mass is 483 g/mol. The number of ether oxygens (including phenoxy) is 1. The number of nitrogens with zero attached hydrogens (tertiary/aromatic N) is 2. The Hall–Kier alpha value is -0.820. The number of likely N-dealkylation sites (tertiary alicyclic amines) is 1. The highest BCUT2D eigenvalue weighted by Gasteiger charge is 2.49. The summed E-state index contributed by atoms with van der Waals surface area (Å²) in [6.45, 7) is 4.83. The van der Waals surface area contributed by atoms with Crippen LogP contribution in [0.4, 0.5) is 0 Å². The van der Waals surface area contributed by atoms with Crippen molar-refractivity contribution in [2.45, 2.75) is 45.1 Å². The number of benzene rings is 1. The van der Waals surface area contributed by atoms with Crippen LogP contribution in [0.1, 0.15) is 44.1 Å². The number of guanidine groups is 1. The van der Waals surface area contributed by atoms with E-state index in [-0.39, 0.29) is 24.0 Å². The van der Waals surface area contributed by atoms with E-state index in [1.165, 1.54) is 44.1 Å². The lowest BCUT2D eigenvalue weighted by Crippen LogP contribution is -2.48. The van der Waals surface area contributed by atoms with Crippen LogP contribution in [0, 0.1) is 17.3 Å². The average molecular weight is 483 g/mol. The largest absolute Gasteiger partial charge is 0.376 e. The molecule has 0 bridgehead atoms. The summed E-state index contributed by atoms with van der Waals surface area (Å²) in [5.74, 6) is 2.69. The fourth-order valence-corrected chi connectivity index (χ4v) is 4.72. The van der Waals surface area contributed by atoms with Gasteiger partial charge in [0.25, 0.3) is 0 Å². The molecule has 4 rings (SSSR count). The Bertz CT molecular complexity index is 613. The quantitative estimate of drug-likeness (QED) is 0.357. The average Bonchev–Trinajstić information content (AvgIpc) is 3.38. The highest BCUT2D eigenvalue weighted by molar-refractivity contribution is 14.0. The van der Waals surface area contributed by atoms with Crippen molar-refractivity contribution in [1.82, 2.24) is 10.2 Å². The van der Waals surface area contributed by atoms with E-state index < -0.39 is 0 Å². The zero-order valence-electron chi connectivity index (χ0n) is 16.5. The van der Waals surface area contributed by atoms with Gasteiger partial charge in [-0.15, -0.1) is 24.0 Å². The molecule has 4 nitrogen and oxygen atoms in total. The first-order chi connectivity index (χ1) is 12.8. The van der Waals surface area contributed by atoms with Crippen LogP contribution < -0.4 is 5.32 Å². The molecular formula is C22H34IN3O. The van der Waals surface area contributed by atoms with Crippen molar-refractivity contribution in [3.8, 4) is 0 Å². The second kappa shape index (κ2) is 9.59. The van der Waals surface area contributed by atoms with Crippen molar-refractivity contribution in [2.24, 2.45) is 22.2 Å². The van der Waals surface area contributed by atoms with Crippen molar-refractivity contribution in [1.29, 1.82) is 0 Å². The second-order valence-corrected chi connectivity index (χ2v) is 8.49. The summed E-state index contributed by atoms with van der Waals surface area (Å²) in [5.41, 5.74) is 1.85. The van der Waals surface area contributed by atoms with E-state index in [2.05, 4.69) is 39.5 Å². The summed E-state index contributed by atoms with van der Waals surface area (Å²) in [6.07, 6.45) is 8.34. The fourth-order valence-electron chi connectivity index (χ4n) is 4.72. The number of halogens is 1. The SMILES string of the molecule is CN=C(NCC1(C2CC2)CCC1)N1CCC(COCc2ccccc2)C1.I. The van der Waals surface area contributed by atoms with Crippen LogP contribution in [0.2, 0.25) is 0 Å². The minimum absolute atomic E-state index is 0. The Morgan fingerprint density at radius 3 is 2.63 bits per heavy atom. The van der Waals surface area contributed by atoms with E-state index in [4.69, 9.17) is 4.74 Å². The van der Waals surface area contributed by atoms with Gasteiger partial charge in [0.2, 0.25) is 0 Å². The Balaban J connectivity index is 0.00000210.